The molecule has 0 fully saturated rings. The van der Waals surface area contributed by atoms with Crippen LogP contribution in [0.3, 0.4) is 0 Å². The Hall–Kier alpha value is -1.33. The molecule has 0 unspecified atom stereocenters. The number of hydrogen-bond donors (Lipinski definition) is 2. The third-order valence-electron chi connectivity index (χ3n) is 2.68. The van der Waals surface area contributed by atoms with E-state index < -0.39 is 0 Å². The molecule has 5 heteroatoms. The van der Waals surface area contributed by atoms with Gasteiger partial charge in [0.05, 0.1) is 0 Å². The molecule has 0 aliphatic heterocycles. The summed E-state index contributed by atoms with van der Waals surface area (Å²) in [6, 6.07) is 4.47. The van der Waals surface area contributed by atoms with Gasteiger partial charge in [-0.2, -0.15) is 0 Å². The minimum atomic E-state index is -0.384. The Morgan fingerprint density at radius 2 is 2.15 bits per heavy atom. The molecule has 0 spiro atoms. The van der Waals surface area contributed by atoms with E-state index in [0.29, 0.717) is 17.9 Å². The van der Waals surface area contributed by atoms with Gasteiger partial charge in [0.15, 0.2) is 5.78 Å². The Morgan fingerprint density at radius 1 is 1.45 bits per heavy atom. The maximum Gasteiger partial charge on any atom is 0.158 e. The van der Waals surface area contributed by atoms with E-state index in [1.54, 1.807) is 26.0 Å². The van der Waals surface area contributed by atoms with Crippen molar-refractivity contribution in [2.24, 2.45) is 5.92 Å². The molecular weight excluding hydrogens is 277 g/mol. The second kappa shape index (κ2) is 8.07. The lowest BCUT2D eigenvalue weighted by atomic mass is 10.1. The van der Waals surface area contributed by atoms with Crippen LogP contribution in [0.2, 0.25) is 0 Å². The fourth-order valence-electron chi connectivity index (χ4n) is 1.49. The van der Waals surface area contributed by atoms with Gasteiger partial charge in [0.2, 0.25) is 0 Å². The van der Waals surface area contributed by atoms with Crippen molar-refractivity contribution >= 4 is 24.7 Å². The predicted molar refractivity (Wildman–Crippen MR) is 82.4 cm³/mol. The first-order valence-electron chi connectivity index (χ1n) is 6.49. The fourth-order valence-corrected chi connectivity index (χ4v) is 1.75. The molecule has 0 saturated heterocycles. The molecule has 0 heterocycles. The Morgan fingerprint density at radius 3 is 2.75 bits per heavy atom. The van der Waals surface area contributed by atoms with Gasteiger partial charge >= 0.3 is 0 Å². The minimum Gasteiger partial charge on any atom is -0.489 e. The molecule has 0 aromatic heterocycles. The highest BCUT2D eigenvalue weighted by molar-refractivity contribution is 7.78. The summed E-state index contributed by atoms with van der Waals surface area (Å²) < 4.78 is 22.0. The molecule has 1 aromatic rings. The second-order valence-electron chi connectivity index (χ2n) is 4.86. The number of nitrogens with one attached hydrogen (secondary N) is 1. The Labute approximate surface area is 124 Å². The number of rotatable bonds is 7. The zero-order valence-electron chi connectivity index (χ0n) is 11.9. The first-order valence-corrected chi connectivity index (χ1v) is 6.93. The molecule has 20 heavy (non-hydrogen) atoms. The predicted octanol–water partition coefficient (Wildman–Crippen LogP) is 3.27. The van der Waals surface area contributed by atoms with Crippen LogP contribution in [0, 0.1) is 11.7 Å². The van der Waals surface area contributed by atoms with E-state index in [0.717, 1.165) is 0 Å². The van der Waals surface area contributed by atoms with E-state index in [1.165, 1.54) is 18.2 Å². The average Bonchev–Trinajstić information content (AvgIpc) is 2.39. The summed E-state index contributed by atoms with van der Waals surface area (Å²) in [6.45, 7) is 6.05. The smallest absolute Gasteiger partial charge is 0.158 e. The van der Waals surface area contributed by atoms with Gasteiger partial charge < -0.3 is 4.74 Å². The molecule has 0 amide bonds. The largest absolute Gasteiger partial charge is 0.489 e. The van der Waals surface area contributed by atoms with Crippen LogP contribution in [0.25, 0.3) is 6.08 Å². The van der Waals surface area contributed by atoms with Crippen molar-refractivity contribution in [1.82, 2.24) is 4.72 Å². The number of halogens is 1. The van der Waals surface area contributed by atoms with Crippen LogP contribution in [-0.4, -0.2) is 18.4 Å². The van der Waals surface area contributed by atoms with E-state index in [4.69, 9.17) is 4.74 Å². The molecule has 0 saturated carbocycles. The van der Waals surface area contributed by atoms with Crippen molar-refractivity contribution in [3.05, 3.63) is 35.7 Å². The van der Waals surface area contributed by atoms with Crippen LogP contribution < -0.4 is 9.46 Å². The van der Waals surface area contributed by atoms with Crippen LogP contribution >= 0.6 is 12.8 Å². The fraction of sp³-hybridized carbons (Fsp3) is 0.400. The molecule has 3 nitrogen and oxygen atoms in total. The van der Waals surface area contributed by atoms with Gasteiger partial charge in [-0.25, -0.2) is 4.39 Å². The van der Waals surface area contributed by atoms with Crippen LogP contribution in [0.1, 0.15) is 26.3 Å². The van der Waals surface area contributed by atoms with Gasteiger partial charge in [-0.15, -0.1) is 0 Å². The van der Waals surface area contributed by atoms with Crippen molar-refractivity contribution in [3.63, 3.8) is 0 Å². The van der Waals surface area contributed by atoms with Crippen molar-refractivity contribution in [2.75, 3.05) is 6.54 Å². The summed E-state index contributed by atoms with van der Waals surface area (Å²) in [5, 5.41) is 0. The van der Waals surface area contributed by atoms with Crippen LogP contribution in [-0.2, 0) is 4.79 Å². The van der Waals surface area contributed by atoms with E-state index in [9.17, 15) is 9.18 Å². The molecule has 1 rings (SSSR count). The van der Waals surface area contributed by atoms with Crippen molar-refractivity contribution < 1.29 is 13.9 Å². The number of carbonyl (C=O) groups excluding carboxylic acids is 1. The highest BCUT2D eigenvalue weighted by Gasteiger charge is 2.07. The van der Waals surface area contributed by atoms with Gasteiger partial charge in [0.1, 0.15) is 17.7 Å². The van der Waals surface area contributed by atoms with Gasteiger partial charge in [-0.1, -0.05) is 26.7 Å². The highest BCUT2D eigenvalue weighted by Crippen LogP contribution is 2.19. The van der Waals surface area contributed by atoms with Crippen molar-refractivity contribution in [3.8, 4) is 5.75 Å². The van der Waals surface area contributed by atoms with E-state index >= 15 is 0 Å². The first kappa shape index (κ1) is 16.7. The SMILES string of the molecule is CC(C)C(=O)/C=C/c1cc(O[C@H](C)CNS)ccc1F. The summed E-state index contributed by atoms with van der Waals surface area (Å²) in [5.41, 5.74) is 0.336. The third kappa shape index (κ3) is 5.35. The summed E-state index contributed by atoms with van der Waals surface area (Å²) in [5.74, 6) is 0.0304. The maximum atomic E-state index is 13.7. The molecule has 0 aliphatic carbocycles. The molecule has 0 aliphatic rings. The van der Waals surface area contributed by atoms with Crippen LogP contribution in [0.15, 0.2) is 24.3 Å². The lowest BCUT2D eigenvalue weighted by Crippen LogP contribution is -2.23. The van der Waals surface area contributed by atoms with Gasteiger partial charge in [-0.05, 0) is 37.3 Å². The highest BCUT2D eigenvalue weighted by atomic mass is 32.1. The lowest BCUT2D eigenvalue weighted by Gasteiger charge is -2.14. The van der Waals surface area contributed by atoms with E-state index in [-0.39, 0.29) is 23.6 Å². The first-order chi connectivity index (χ1) is 9.43. The standard InChI is InChI=1S/C15H20FNO2S/c1-10(2)15(18)7-4-12-8-13(5-6-14(12)16)19-11(3)9-17-20/h4-8,10-11,17,20H,9H2,1-3H3/b7-4+/t11-/m1/s1. The summed E-state index contributed by atoms with van der Waals surface area (Å²) in [7, 11) is 0. The Bertz CT molecular complexity index is 489. The van der Waals surface area contributed by atoms with E-state index in [1.807, 2.05) is 6.92 Å². The van der Waals surface area contributed by atoms with Crippen molar-refractivity contribution in [2.45, 2.75) is 26.9 Å². The summed E-state index contributed by atoms with van der Waals surface area (Å²) >= 11 is 3.90. The molecule has 110 valence electrons. The topological polar surface area (TPSA) is 38.3 Å². The molecule has 0 bridgehead atoms. The lowest BCUT2D eigenvalue weighted by molar-refractivity contribution is -0.117. The average molecular weight is 297 g/mol. The summed E-state index contributed by atoms with van der Waals surface area (Å²) in [6.07, 6.45) is 2.78. The van der Waals surface area contributed by atoms with Gasteiger partial charge in [0, 0.05) is 18.0 Å². The molecule has 0 radical (unpaired) electrons. The summed E-state index contributed by atoms with van der Waals surface area (Å²) in [4.78, 5) is 11.5. The molecular formula is C15H20FNO2S. The normalized spacial score (nSPS) is 12.9. The Balaban J connectivity index is 2.84. The Kier molecular flexibility index (Phi) is 6.75. The monoisotopic (exact) mass is 297 g/mol. The van der Waals surface area contributed by atoms with Gasteiger partial charge in [0.25, 0.3) is 0 Å². The quantitative estimate of drug-likeness (QED) is 0.599. The molecule has 1 aromatic carbocycles. The molecule has 1 atom stereocenters. The number of ether oxygens (including phenoxy) is 1. The maximum absolute atomic E-state index is 13.7. The number of allylic oxidation sites excluding steroid dienone is 1. The molecule has 1 N–H and O–H groups in total. The van der Waals surface area contributed by atoms with Crippen LogP contribution in [0.5, 0.6) is 5.75 Å². The number of ketones is 1. The van der Waals surface area contributed by atoms with E-state index in [2.05, 4.69) is 17.5 Å². The zero-order valence-corrected chi connectivity index (χ0v) is 12.8. The number of carbonyl (C=O) groups is 1. The second-order valence-corrected chi connectivity index (χ2v) is 5.18. The third-order valence-corrected chi connectivity index (χ3v) is 2.86. The minimum absolute atomic E-state index is 0.0386. The van der Waals surface area contributed by atoms with Crippen LogP contribution in [0.4, 0.5) is 4.39 Å². The number of benzene rings is 1. The van der Waals surface area contributed by atoms with Crippen molar-refractivity contribution in [1.29, 1.82) is 0 Å². The number of hydrogen-bond acceptors (Lipinski definition) is 4. The number of thiol groups is 1. The zero-order chi connectivity index (χ0) is 15.1. The van der Waals surface area contributed by atoms with Gasteiger partial charge in [-0.3, -0.25) is 9.52 Å².